The van der Waals surface area contributed by atoms with E-state index in [0.29, 0.717) is 18.0 Å². The van der Waals surface area contributed by atoms with Crippen LogP contribution < -0.4 is 5.73 Å². The number of likely N-dealkylation sites (tertiary alicyclic amines) is 1. The van der Waals surface area contributed by atoms with Gasteiger partial charge in [-0.2, -0.15) is 0 Å². The molecule has 1 heterocycles. The molecule has 3 nitrogen and oxygen atoms in total. The molecule has 1 fully saturated rings. The maximum absolute atomic E-state index is 12.1. The van der Waals surface area contributed by atoms with Gasteiger partial charge < -0.3 is 10.6 Å². The second-order valence-electron chi connectivity index (χ2n) is 4.19. The fourth-order valence-electron chi connectivity index (χ4n) is 2.03. The number of thiol groups is 1. The summed E-state index contributed by atoms with van der Waals surface area (Å²) < 4.78 is 0. The zero-order valence-electron chi connectivity index (χ0n) is 9.10. The van der Waals surface area contributed by atoms with Gasteiger partial charge in [-0.25, -0.2) is 0 Å². The van der Waals surface area contributed by atoms with Crippen molar-refractivity contribution in [2.45, 2.75) is 11.3 Å². The van der Waals surface area contributed by atoms with E-state index < -0.39 is 0 Å². The number of nitrogens with two attached hydrogens (primary N) is 1. The summed E-state index contributed by atoms with van der Waals surface area (Å²) in [5, 5.41) is 0. The van der Waals surface area contributed by atoms with Gasteiger partial charge in [0.25, 0.3) is 5.91 Å². The van der Waals surface area contributed by atoms with Crippen LogP contribution in [0.4, 0.5) is 0 Å². The van der Waals surface area contributed by atoms with Crippen molar-refractivity contribution in [3.8, 4) is 0 Å². The van der Waals surface area contributed by atoms with E-state index in [1.807, 2.05) is 23.1 Å². The fraction of sp³-hybridized carbons (Fsp3) is 0.417. The number of benzene rings is 1. The number of hydrogen-bond acceptors (Lipinski definition) is 3. The third-order valence-corrected chi connectivity index (χ3v) is 3.28. The number of rotatable bonds is 2. The van der Waals surface area contributed by atoms with Crippen LogP contribution in [0.2, 0.25) is 0 Å². The largest absolute Gasteiger partial charge is 0.338 e. The van der Waals surface area contributed by atoms with E-state index in [1.165, 1.54) is 0 Å². The van der Waals surface area contributed by atoms with Gasteiger partial charge in [0.1, 0.15) is 0 Å². The predicted octanol–water partition coefficient (Wildman–Crippen LogP) is 1.40. The van der Waals surface area contributed by atoms with E-state index >= 15 is 0 Å². The molecular formula is C12H16N2OS. The summed E-state index contributed by atoms with van der Waals surface area (Å²) in [6.07, 6.45) is 1.02. The molecule has 2 N–H and O–H groups in total. The summed E-state index contributed by atoms with van der Waals surface area (Å²) >= 11 is 4.24. The van der Waals surface area contributed by atoms with Crippen molar-refractivity contribution in [3.05, 3.63) is 29.8 Å². The van der Waals surface area contributed by atoms with Gasteiger partial charge in [-0.15, -0.1) is 12.6 Å². The molecule has 1 atom stereocenters. The normalized spacial score (nSPS) is 20.1. The van der Waals surface area contributed by atoms with Gasteiger partial charge in [-0.1, -0.05) is 6.07 Å². The summed E-state index contributed by atoms with van der Waals surface area (Å²) in [4.78, 5) is 14.8. The molecule has 0 saturated carbocycles. The van der Waals surface area contributed by atoms with Gasteiger partial charge >= 0.3 is 0 Å². The van der Waals surface area contributed by atoms with Gasteiger partial charge in [0, 0.05) is 23.5 Å². The molecule has 1 saturated heterocycles. The molecule has 1 amide bonds. The summed E-state index contributed by atoms with van der Waals surface area (Å²) in [6.45, 7) is 2.26. The Balaban J connectivity index is 2.08. The van der Waals surface area contributed by atoms with E-state index in [1.54, 1.807) is 6.07 Å². The minimum absolute atomic E-state index is 0.0897. The second-order valence-corrected chi connectivity index (χ2v) is 4.71. The molecule has 1 aliphatic rings. The first-order valence-electron chi connectivity index (χ1n) is 5.49. The lowest BCUT2D eigenvalue weighted by Crippen LogP contribution is -2.29. The maximum atomic E-state index is 12.1. The minimum atomic E-state index is 0.0897. The van der Waals surface area contributed by atoms with E-state index in [-0.39, 0.29) is 5.91 Å². The topological polar surface area (TPSA) is 46.3 Å². The van der Waals surface area contributed by atoms with Crippen LogP contribution in [0.15, 0.2) is 29.2 Å². The molecule has 0 radical (unpaired) electrons. The highest BCUT2D eigenvalue weighted by molar-refractivity contribution is 7.80. The smallest absolute Gasteiger partial charge is 0.253 e. The number of amides is 1. The maximum Gasteiger partial charge on any atom is 0.253 e. The lowest BCUT2D eigenvalue weighted by Gasteiger charge is -2.16. The molecule has 1 unspecified atom stereocenters. The lowest BCUT2D eigenvalue weighted by molar-refractivity contribution is 0.0787. The van der Waals surface area contributed by atoms with Gasteiger partial charge in [0.2, 0.25) is 0 Å². The quantitative estimate of drug-likeness (QED) is 0.762. The molecular weight excluding hydrogens is 220 g/mol. The Labute approximate surface area is 101 Å². The molecule has 4 heteroatoms. The van der Waals surface area contributed by atoms with Crippen LogP contribution >= 0.6 is 12.6 Å². The molecule has 2 rings (SSSR count). The van der Waals surface area contributed by atoms with Crippen molar-refractivity contribution in [2.24, 2.45) is 11.7 Å². The molecule has 0 aromatic heterocycles. The van der Waals surface area contributed by atoms with Crippen LogP contribution in [0, 0.1) is 5.92 Å². The Morgan fingerprint density at radius 3 is 3.00 bits per heavy atom. The Morgan fingerprint density at radius 1 is 1.56 bits per heavy atom. The first-order chi connectivity index (χ1) is 7.70. The minimum Gasteiger partial charge on any atom is -0.338 e. The van der Waals surface area contributed by atoms with Crippen LogP contribution in [-0.4, -0.2) is 30.4 Å². The van der Waals surface area contributed by atoms with Crippen LogP contribution in [0.1, 0.15) is 16.8 Å². The highest BCUT2D eigenvalue weighted by Crippen LogP contribution is 2.18. The fourth-order valence-corrected chi connectivity index (χ4v) is 2.26. The Morgan fingerprint density at radius 2 is 2.38 bits per heavy atom. The van der Waals surface area contributed by atoms with Crippen LogP contribution in [0.3, 0.4) is 0 Å². The summed E-state index contributed by atoms with van der Waals surface area (Å²) in [7, 11) is 0. The van der Waals surface area contributed by atoms with Crippen molar-refractivity contribution < 1.29 is 4.79 Å². The monoisotopic (exact) mass is 236 g/mol. The average molecular weight is 236 g/mol. The van der Waals surface area contributed by atoms with Crippen molar-refractivity contribution in [1.82, 2.24) is 4.90 Å². The standard InChI is InChI=1S/C12H16N2OS/c13-7-9-4-5-14(8-9)12(15)10-2-1-3-11(16)6-10/h1-3,6,9,16H,4-5,7-8,13H2. The van der Waals surface area contributed by atoms with Crippen LogP contribution in [-0.2, 0) is 0 Å². The molecule has 0 bridgehead atoms. The van der Waals surface area contributed by atoms with E-state index in [4.69, 9.17) is 5.73 Å². The molecule has 1 aromatic rings. The van der Waals surface area contributed by atoms with Crippen LogP contribution in [0.25, 0.3) is 0 Å². The summed E-state index contributed by atoms with van der Waals surface area (Å²) in [5.41, 5.74) is 6.32. The van der Waals surface area contributed by atoms with E-state index in [2.05, 4.69) is 12.6 Å². The molecule has 16 heavy (non-hydrogen) atoms. The van der Waals surface area contributed by atoms with Gasteiger partial charge in [0.15, 0.2) is 0 Å². The van der Waals surface area contributed by atoms with Gasteiger partial charge in [0.05, 0.1) is 0 Å². The third-order valence-electron chi connectivity index (χ3n) is 3.00. The van der Waals surface area contributed by atoms with Gasteiger partial charge in [-0.3, -0.25) is 4.79 Å². The Kier molecular flexibility index (Phi) is 3.51. The Hall–Kier alpha value is -1.00. The highest BCUT2D eigenvalue weighted by atomic mass is 32.1. The molecule has 1 aliphatic heterocycles. The first-order valence-corrected chi connectivity index (χ1v) is 5.94. The number of carbonyl (C=O) groups excluding carboxylic acids is 1. The number of hydrogen-bond donors (Lipinski definition) is 2. The SMILES string of the molecule is NCC1CCN(C(=O)c2cccc(S)c2)C1. The van der Waals surface area contributed by atoms with E-state index in [9.17, 15) is 4.79 Å². The molecule has 0 spiro atoms. The highest BCUT2D eigenvalue weighted by Gasteiger charge is 2.25. The zero-order valence-corrected chi connectivity index (χ0v) is 9.99. The Bertz CT molecular complexity index is 394. The first kappa shape index (κ1) is 11.5. The predicted molar refractivity (Wildman–Crippen MR) is 66.8 cm³/mol. The van der Waals surface area contributed by atoms with Gasteiger partial charge in [-0.05, 0) is 37.1 Å². The average Bonchev–Trinajstić information content (AvgIpc) is 2.76. The van der Waals surface area contributed by atoms with E-state index in [0.717, 1.165) is 24.4 Å². The summed E-state index contributed by atoms with van der Waals surface area (Å²) in [5.74, 6) is 0.551. The molecule has 0 aliphatic carbocycles. The van der Waals surface area contributed by atoms with Crippen LogP contribution in [0.5, 0.6) is 0 Å². The molecule has 1 aromatic carbocycles. The van der Waals surface area contributed by atoms with Crippen molar-refractivity contribution in [2.75, 3.05) is 19.6 Å². The lowest BCUT2D eigenvalue weighted by atomic mass is 10.1. The zero-order chi connectivity index (χ0) is 11.5. The van der Waals surface area contributed by atoms with Crippen molar-refractivity contribution >= 4 is 18.5 Å². The second kappa shape index (κ2) is 4.89. The number of nitrogens with zero attached hydrogens (tertiary/aromatic N) is 1. The van der Waals surface area contributed by atoms with Crippen molar-refractivity contribution in [1.29, 1.82) is 0 Å². The number of carbonyl (C=O) groups is 1. The third kappa shape index (κ3) is 2.39. The van der Waals surface area contributed by atoms with Crippen molar-refractivity contribution in [3.63, 3.8) is 0 Å². The molecule has 86 valence electrons. The summed E-state index contributed by atoms with van der Waals surface area (Å²) in [6, 6.07) is 7.36.